The van der Waals surface area contributed by atoms with Crippen molar-refractivity contribution in [1.82, 2.24) is 0 Å². The van der Waals surface area contributed by atoms with Gasteiger partial charge in [-0.15, -0.1) is 0 Å². The Morgan fingerprint density at radius 1 is 1.43 bits per heavy atom. The molecule has 0 unspecified atom stereocenters. The van der Waals surface area contributed by atoms with Gasteiger partial charge < -0.3 is 9.94 Å². The zero-order chi connectivity index (χ0) is 10.4. The van der Waals surface area contributed by atoms with E-state index in [0.29, 0.717) is 17.9 Å². The van der Waals surface area contributed by atoms with Gasteiger partial charge >= 0.3 is 0 Å². The Morgan fingerprint density at radius 2 is 2.07 bits per heavy atom. The Labute approximate surface area is 83.3 Å². The van der Waals surface area contributed by atoms with Crippen molar-refractivity contribution in [3.05, 3.63) is 48.2 Å². The molecule has 0 fully saturated rings. The molecule has 3 nitrogen and oxygen atoms in total. The van der Waals surface area contributed by atoms with Crippen LogP contribution in [-0.4, -0.2) is 18.0 Å². The molecule has 1 aromatic rings. The van der Waals surface area contributed by atoms with Gasteiger partial charge in [-0.05, 0) is 5.56 Å². The zero-order valence-electron chi connectivity index (χ0n) is 8.10. The number of rotatable bonds is 4. The molecule has 0 spiro atoms. The summed E-state index contributed by atoms with van der Waals surface area (Å²) in [5.41, 5.74) is 1.42. The van der Waals surface area contributed by atoms with Crippen molar-refractivity contribution in [3.8, 4) is 0 Å². The Hall–Kier alpha value is -1.77. The van der Waals surface area contributed by atoms with Crippen LogP contribution in [0.4, 0.5) is 0 Å². The molecule has 0 aliphatic carbocycles. The van der Waals surface area contributed by atoms with Crippen molar-refractivity contribution in [3.63, 3.8) is 0 Å². The van der Waals surface area contributed by atoms with Crippen LogP contribution in [0.2, 0.25) is 0 Å². The van der Waals surface area contributed by atoms with Gasteiger partial charge in [0.25, 0.3) is 0 Å². The number of ether oxygens (including phenoxy) is 1. The highest BCUT2D eigenvalue weighted by atomic mass is 16.5. The standard InChI is InChI=1S/C11H13NO2/c1-9(14-2)8-11(12-13)10-6-4-3-5-7-10/h3-7,13H,1,8H2,2H3/b12-11-. The molecule has 0 saturated carbocycles. The quantitative estimate of drug-likeness (QED) is 0.343. The lowest BCUT2D eigenvalue weighted by atomic mass is 10.1. The Balaban J connectivity index is 2.79. The van der Waals surface area contributed by atoms with E-state index in [0.717, 1.165) is 5.56 Å². The molecule has 0 aromatic heterocycles. The molecule has 0 aliphatic rings. The minimum atomic E-state index is 0.414. The summed E-state index contributed by atoms with van der Waals surface area (Å²) in [6.45, 7) is 3.67. The first-order chi connectivity index (χ1) is 6.77. The fourth-order valence-corrected chi connectivity index (χ4v) is 1.08. The van der Waals surface area contributed by atoms with E-state index in [2.05, 4.69) is 11.7 Å². The van der Waals surface area contributed by atoms with E-state index in [-0.39, 0.29) is 0 Å². The lowest BCUT2D eigenvalue weighted by molar-refractivity contribution is 0.285. The first-order valence-corrected chi connectivity index (χ1v) is 4.26. The van der Waals surface area contributed by atoms with E-state index in [1.165, 1.54) is 0 Å². The predicted octanol–water partition coefficient (Wildman–Crippen LogP) is 2.42. The van der Waals surface area contributed by atoms with Crippen LogP contribution < -0.4 is 0 Å². The average Bonchev–Trinajstić information content (AvgIpc) is 2.26. The van der Waals surface area contributed by atoms with Gasteiger partial charge in [-0.1, -0.05) is 42.1 Å². The van der Waals surface area contributed by atoms with Gasteiger partial charge in [-0.2, -0.15) is 0 Å². The van der Waals surface area contributed by atoms with Crippen LogP contribution in [0.1, 0.15) is 12.0 Å². The number of hydrogen-bond acceptors (Lipinski definition) is 3. The molecule has 74 valence electrons. The van der Waals surface area contributed by atoms with Crippen LogP contribution in [0.15, 0.2) is 47.8 Å². The molecule has 0 radical (unpaired) electrons. The second-order valence-corrected chi connectivity index (χ2v) is 2.83. The van der Waals surface area contributed by atoms with Gasteiger partial charge in [0.2, 0.25) is 0 Å². The normalized spacial score (nSPS) is 11.1. The molecule has 0 heterocycles. The molecule has 1 N–H and O–H groups in total. The summed E-state index contributed by atoms with van der Waals surface area (Å²) < 4.78 is 4.92. The second kappa shape index (κ2) is 5.07. The summed E-state index contributed by atoms with van der Waals surface area (Å²) in [6.07, 6.45) is 0.414. The van der Waals surface area contributed by atoms with Gasteiger partial charge in [-0.3, -0.25) is 0 Å². The van der Waals surface area contributed by atoms with Crippen molar-refractivity contribution < 1.29 is 9.94 Å². The Kier molecular flexibility index (Phi) is 3.73. The fraction of sp³-hybridized carbons (Fsp3) is 0.182. The molecule has 1 rings (SSSR count). The van der Waals surface area contributed by atoms with E-state index in [1.54, 1.807) is 7.11 Å². The third-order valence-corrected chi connectivity index (χ3v) is 1.88. The smallest absolute Gasteiger partial charge is 0.0945 e. The first kappa shape index (κ1) is 10.3. The highest BCUT2D eigenvalue weighted by Gasteiger charge is 2.05. The molecule has 0 bridgehead atoms. The van der Waals surface area contributed by atoms with E-state index in [4.69, 9.17) is 9.94 Å². The third kappa shape index (κ3) is 2.62. The minimum Gasteiger partial charge on any atom is -0.501 e. The highest BCUT2D eigenvalue weighted by Crippen LogP contribution is 2.09. The number of oxime groups is 1. The summed E-state index contributed by atoms with van der Waals surface area (Å²) in [6, 6.07) is 9.42. The Bertz CT molecular complexity index is 330. The van der Waals surface area contributed by atoms with E-state index < -0.39 is 0 Å². The number of benzene rings is 1. The van der Waals surface area contributed by atoms with Crippen molar-refractivity contribution >= 4 is 5.71 Å². The topological polar surface area (TPSA) is 41.8 Å². The van der Waals surface area contributed by atoms with Crippen LogP contribution in [-0.2, 0) is 4.74 Å². The summed E-state index contributed by atoms with van der Waals surface area (Å²) in [4.78, 5) is 0. The van der Waals surface area contributed by atoms with Gasteiger partial charge in [-0.25, -0.2) is 0 Å². The van der Waals surface area contributed by atoms with E-state index in [1.807, 2.05) is 30.3 Å². The SMILES string of the molecule is C=C(C/C(=N/O)c1ccccc1)OC. The maximum atomic E-state index is 8.82. The van der Waals surface area contributed by atoms with E-state index >= 15 is 0 Å². The summed E-state index contributed by atoms with van der Waals surface area (Å²) in [5, 5.41) is 12.0. The summed E-state index contributed by atoms with van der Waals surface area (Å²) >= 11 is 0. The molecule has 0 amide bonds. The molecule has 1 aromatic carbocycles. The number of allylic oxidation sites excluding steroid dienone is 1. The van der Waals surface area contributed by atoms with Gasteiger partial charge in [0, 0.05) is 0 Å². The lowest BCUT2D eigenvalue weighted by Crippen LogP contribution is -2.03. The highest BCUT2D eigenvalue weighted by molar-refractivity contribution is 6.01. The molecule has 0 saturated heterocycles. The largest absolute Gasteiger partial charge is 0.501 e. The summed E-state index contributed by atoms with van der Waals surface area (Å²) in [7, 11) is 1.54. The minimum absolute atomic E-state index is 0.414. The third-order valence-electron chi connectivity index (χ3n) is 1.88. The molecule has 3 heteroatoms. The predicted molar refractivity (Wildman–Crippen MR) is 55.5 cm³/mol. The zero-order valence-corrected chi connectivity index (χ0v) is 8.10. The monoisotopic (exact) mass is 191 g/mol. The fourth-order valence-electron chi connectivity index (χ4n) is 1.08. The van der Waals surface area contributed by atoms with Gasteiger partial charge in [0.1, 0.15) is 0 Å². The molecular formula is C11H13NO2. The van der Waals surface area contributed by atoms with Crippen LogP contribution in [0.3, 0.4) is 0 Å². The number of hydrogen-bond donors (Lipinski definition) is 1. The second-order valence-electron chi connectivity index (χ2n) is 2.83. The van der Waals surface area contributed by atoms with Gasteiger partial charge in [0.15, 0.2) is 0 Å². The lowest BCUT2D eigenvalue weighted by Gasteiger charge is -2.05. The number of methoxy groups -OCH3 is 1. The van der Waals surface area contributed by atoms with Crippen LogP contribution in [0, 0.1) is 0 Å². The Morgan fingerprint density at radius 3 is 2.57 bits per heavy atom. The molecule has 0 aliphatic heterocycles. The van der Waals surface area contributed by atoms with Crippen molar-refractivity contribution in [2.75, 3.05) is 7.11 Å². The maximum absolute atomic E-state index is 8.82. The number of nitrogens with zero attached hydrogens (tertiary/aromatic N) is 1. The maximum Gasteiger partial charge on any atom is 0.0945 e. The molecular weight excluding hydrogens is 178 g/mol. The van der Waals surface area contributed by atoms with Crippen molar-refractivity contribution in [2.45, 2.75) is 6.42 Å². The molecule has 14 heavy (non-hydrogen) atoms. The van der Waals surface area contributed by atoms with Gasteiger partial charge in [0.05, 0.1) is 25.0 Å². The first-order valence-electron chi connectivity index (χ1n) is 4.26. The van der Waals surface area contributed by atoms with E-state index in [9.17, 15) is 0 Å². The summed E-state index contributed by atoms with van der Waals surface area (Å²) in [5.74, 6) is 0.571. The average molecular weight is 191 g/mol. The van der Waals surface area contributed by atoms with Crippen molar-refractivity contribution in [2.24, 2.45) is 5.16 Å². The molecule has 0 atom stereocenters. The van der Waals surface area contributed by atoms with Crippen LogP contribution in [0.25, 0.3) is 0 Å². The van der Waals surface area contributed by atoms with Crippen molar-refractivity contribution in [1.29, 1.82) is 0 Å². The van der Waals surface area contributed by atoms with Crippen LogP contribution >= 0.6 is 0 Å². The van der Waals surface area contributed by atoms with Crippen LogP contribution in [0.5, 0.6) is 0 Å².